The van der Waals surface area contributed by atoms with Gasteiger partial charge in [0.05, 0.1) is 16.3 Å². The van der Waals surface area contributed by atoms with Gasteiger partial charge in [-0.1, -0.05) is 18.2 Å². The fraction of sp³-hybridized carbons (Fsp3) is 0.150. The summed E-state index contributed by atoms with van der Waals surface area (Å²) in [6.07, 6.45) is 1.82. The van der Waals surface area contributed by atoms with Crippen molar-refractivity contribution in [1.29, 1.82) is 0 Å². The van der Waals surface area contributed by atoms with Crippen LogP contribution in [-0.2, 0) is 6.54 Å². The van der Waals surface area contributed by atoms with Crippen molar-refractivity contribution in [3.8, 4) is 11.3 Å². The summed E-state index contributed by atoms with van der Waals surface area (Å²) in [5, 5.41) is 12.9. The Bertz CT molecular complexity index is 1030. The molecule has 0 aliphatic rings. The van der Waals surface area contributed by atoms with E-state index in [0.717, 1.165) is 32.9 Å². The third-order valence-electron chi connectivity index (χ3n) is 4.06. The number of hydrogen-bond acceptors (Lipinski definition) is 4. The molecule has 0 atom stereocenters. The molecule has 1 heterocycles. The van der Waals surface area contributed by atoms with Crippen molar-refractivity contribution in [1.82, 2.24) is 4.57 Å². The number of hydrogen-bond donors (Lipinski definition) is 0. The first kappa shape index (κ1) is 17.8. The van der Waals surface area contributed by atoms with E-state index < -0.39 is 4.92 Å². The smallest absolute Gasteiger partial charge is 0.269 e. The number of benzene rings is 2. The molecule has 0 bridgehead atoms. The van der Waals surface area contributed by atoms with Crippen LogP contribution >= 0.6 is 11.3 Å². The van der Waals surface area contributed by atoms with E-state index in [-0.39, 0.29) is 5.69 Å². The maximum absolute atomic E-state index is 10.9. The summed E-state index contributed by atoms with van der Waals surface area (Å²) in [5.74, 6) is 0. The molecule has 5 nitrogen and oxygen atoms in total. The monoisotopic (exact) mass is 365 g/mol. The first-order valence-corrected chi connectivity index (χ1v) is 9.03. The summed E-state index contributed by atoms with van der Waals surface area (Å²) >= 11 is 1.55. The van der Waals surface area contributed by atoms with Crippen LogP contribution in [0.1, 0.15) is 11.1 Å². The highest BCUT2D eigenvalue weighted by atomic mass is 32.1. The molecular formula is C20H19N3O2S. The van der Waals surface area contributed by atoms with E-state index in [1.165, 1.54) is 12.1 Å². The topological polar surface area (TPSA) is 60.4 Å². The Morgan fingerprint density at radius 2 is 1.96 bits per heavy atom. The van der Waals surface area contributed by atoms with Crippen LogP contribution < -0.4 is 4.80 Å². The average molecular weight is 365 g/mol. The molecule has 3 rings (SSSR count). The molecule has 0 aliphatic heterocycles. The van der Waals surface area contributed by atoms with Crippen LogP contribution in [0.2, 0.25) is 0 Å². The summed E-state index contributed by atoms with van der Waals surface area (Å²) in [6, 6.07) is 12.8. The Labute approximate surface area is 155 Å². The maximum atomic E-state index is 10.9. The van der Waals surface area contributed by atoms with Gasteiger partial charge < -0.3 is 4.57 Å². The average Bonchev–Trinajstić information content (AvgIpc) is 3.01. The number of non-ortho nitro benzene ring substituents is 1. The zero-order valence-corrected chi connectivity index (χ0v) is 15.5. The Morgan fingerprint density at radius 3 is 2.62 bits per heavy atom. The minimum absolute atomic E-state index is 0.0829. The molecular weight excluding hydrogens is 346 g/mol. The third kappa shape index (κ3) is 3.65. The number of rotatable bonds is 5. The van der Waals surface area contributed by atoms with Crippen molar-refractivity contribution in [2.75, 3.05) is 0 Å². The lowest BCUT2D eigenvalue weighted by Gasteiger charge is -2.07. The van der Waals surface area contributed by atoms with Gasteiger partial charge in [-0.2, -0.15) is 0 Å². The van der Waals surface area contributed by atoms with E-state index in [1.54, 1.807) is 23.5 Å². The number of aromatic nitrogens is 1. The van der Waals surface area contributed by atoms with E-state index in [0.29, 0.717) is 6.54 Å². The molecule has 0 spiro atoms. The predicted octanol–water partition coefficient (Wildman–Crippen LogP) is 5.16. The minimum Gasteiger partial charge on any atom is -0.313 e. The number of nitrogens with zero attached hydrogens (tertiary/aromatic N) is 3. The van der Waals surface area contributed by atoms with Crippen LogP contribution in [-0.4, -0.2) is 9.49 Å². The number of nitro groups is 1. The van der Waals surface area contributed by atoms with Crippen LogP contribution in [0.15, 0.2) is 65.5 Å². The molecule has 0 saturated carbocycles. The molecule has 0 unspecified atom stereocenters. The van der Waals surface area contributed by atoms with E-state index >= 15 is 0 Å². The normalized spacial score (nSPS) is 11.5. The molecule has 0 saturated heterocycles. The lowest BCUT2D eigenvalue weighted by molar-refractivity contribution is -0.384. The summed E-state index contributed by atoms with van der Waals surface area (Å²) in [7, 11) is 0. The summed E-state index contributed by atoms with van der Waals surface area (Å²) < 4.78 is 2.07. The molecule has 2 aromatic carbocycles. The molecule has 3 aromatic rings. The second-order valence-corrected chi connectivity index (χ2v) is 6.85. The van der Waals surface area contributed by atoms with Crippen molar-refractivity contribution < 1.29 is 4.92 Å². The van der Waals surface area contributed by atoms with Gasteiger partial charge in [-0.15, -0.1) is 17.9 Å². The Hall–Kier alpha value is -2.99. The molecule has 0 radical (unpaired) electrons. The molecule has 1 aromatic heterocycles. The second kappa shape index (κ2) is 7.49. The van der Waals surface area contributed by atoms with E-state index in [4.69, 9.17) is 4.99 Å². The van der Waals surface area contributed by atoms with Crippen molar-refractivity contribution in [2.24, 2.45) is 4.99 Å². The molecule has 0 fully saturated rings. The molecule has 0 aliphatic carbocycles. The minimum atomic E-state index is -0.392. The molecule has 26 heavy (non-hydrogen) atoms. The van der Waals surface area contributed by atoms with Crippen LogP contribution in [0.5, 0.6) is 0 Å². The maximum Gasteiger partial charge on any atom is 0.269 e. The molecule has 0 amide bonds. The number of thiazole rings is 1. The van der Waals surface area contributed by atoms with Crippen LogP contribution in [0.3, 0.4) is 0 Å². The van der Waals surface area contributed by atoms with E-state index in [1.807, 2.05) is 25.3 Å². The Morgan fingerprint density at radius 1 is 1.23 bits per heavy atom. The lowest BCUT2D eigenvalue weighted by atomic mass is 10.1. The highest BCUT2D eigenvalue weighted by molar-refractivity contribution is 7.07. The molecule has 132 valence electrons. The van der Waals surface area contributed by atoms with E-state index in [9.17, 15) is 10.1 Å². The summed E-state index contributed by atoms with van der Waals surface area (Å²) in [4.78, 5) is 16.2. The lowest BCUT2D eigenvalue weighted by Crippen LogP contribution is -2.14. The SMILES string of the molecule is C=CCn1c(-c2ccc([N+](=O)[O-])cc2)csc1=Nc1cc(C)ccc1C. The first-order chi connectivity index (χ1) is 12.5. The van der Waals surface area contributed by atoms with E-state index in [2.05, 4.69) is 29.3 Å². The van der Waals surface area contributed by atoms with Gasteiger partial charge in [-0.3, -0.25) is 10.1 Å². The largest absolute Gasteiger partial charge is 0.313 e. The van der Waals surface area contributed by atoms with Crippen LogP contribution in [0.4, 0.5) is 11.4 Å². The zero-order chi connectivity index (χ0) is 18.7. The fourth-order valence-electron chi connectivity index (χ4n) is 2.65. The first-order valence-electron chi connectivity index (χ1n) is 8.15. The van der Waals surface area contributed by atoms with Gasteiger partial charge in [-0.25, -0.2) is 4.99 Å². The quantitative estimate of drug-likeness (QED) is 0.356. The van der Waals surface area contributed by atoms with Crippen molar-refractivity contribution in [2.45, 2.75) is 20.4 Å². The molecule has 0 N–H and O–H groups in total. The number of aryl methyl sites for hydroxylation is 2. The highest BCUT2D eigenvalue weighted by Gasteiger charge is 2.10. The number of nitro benzene ring substituents is 1. The van der Waals surface area contributed by atoms with Gasteiger partial charge in [0.15, 0.2) is 4.80 Å². The second-order valence-electron chi connectivity index (χ2n) is 6.01. The van der Waals surface area contributed by atoms with Crippen molar-refractivity contribution >= 4 is 22.7 Å². The summed E-state index contributed by atoms with van der Waals surface area (Å²) in [5.41, 5.74) is 5.19. The van der Waals surface area contributed by atoms with Gasteiger partial charge in [0, 0.05) is 24.1 Å². The Balaban J connectivity index is 2.11. The standard InChI is InChI=1S/C20H19N3O2S/c1-4-11-22-19(16-7-9-17(10-8-16)23(24)25)13-26-20(22)21-18-12-14(2)5-6-15(18)3/h4-10,12-13H,1,11H2,2-3H3. The molecule has 6 heteroatoms. The highest BCUT2D eigenvalue weighted by Crippen LogP contribution is 2.24. The van der Waals surface area contributed by atoms with Crippen LogP contribution in [0, 0.1) is 24.0 Å². The van der Waals surface area contributed by atoms with Gasteiger partial charge in [0.25, 0.3) is 5.69 Å². The number of allylic oxidation sites excluding steroid dienone is 1. The third-order valence-corrected chi connectivity index (χ3v) is 4.93. The predicted molar refractivity (Wildman–Crippen MR) is 106 cm³/mol. The van der Waals surface area contributed by atoms with Crippen molar-refractivity contribution in [3.05, 3.63) is 86.5 Å². The van der Waals surface area contributed by atoms with Gasteiger partial charge >= 0.3 is 0 Å². The van der Waals surface area contributed by atoms with Crippen LogP contribution in [0.25, 0.3) is 11.3 Å². The summed E-state index contributed by atoms with van der Waals surface area (Å²) in [6.45, 7) is 8.54. The fourth-order valence-corrected chi connectivity index (χ4v) is 3.58. The van der Waals surface area contributed by atoms with Gasteiger partial charge in [-0.05, 0) is 48.7 Å². The zero-order valence-electron chi connectivity index (χ0n) is 14.7. The Kier molecular flexibility index (Phi) is 5.14. The van der Waals surface area contributed by atoms with Gasteiger partial charge in [0.2, 0.25) is 0 Å². The van der Waals surface area contributed by atoms with Crippen molar-refractivity contribution in [3.63, 3.8) is 0 Å². The van der Waals surface area contributed by atoms with Gasteiger partial charge in [0.1, 0.15) is 0 Å².